The maximum atomic E-state index is 11.8. The van der Waals surface area contributed by atoms with Gasteiger partial charge in [-0.15, -0.1) is 0 Å². The van der Waals surface area contributed by atoms with Gasteiger partial charge >= 0.3 is 0 Å². The Labute approximate surface area is 105 Å². The molecule has 0 aliphatic carbocycles. The molecule has 0 bridgehead atoms. The molecule has 0 saturated carbocycles. The van der Waals surface area contributed by atoms with Crippen LogP contribution in [-0.2, 0) is 14.6 Å². The Bertz CT molecular complexity index is 556. The highest BCUT2D eigenvalue weighted by Crippen LogP contribution is 2.21. The molecule has 1 N–H and O–H groups in total. The first-order chi connectivity index (χ1) is 8.50. The van der Waals surface area contributed by atoms with E-state index >= 15 is 0 Å². The lowest BCUT2D eigenvalue weighted by Gasteiger charge is -2.09. The molecular formula is C11H14N2O4S. The Morgan fingerprint density at radius 3 is 2.94 bits per heavy atom. The number of carbonyl (C=O) groups is 1. The minimum absolute atomic E-state index is 0.0800. The Balaban J connectivity index is 2.03. The minimum atomic E-state index is -3.05. The summed E-state index contributed by atoms with van der Waals surface area (Å²) < 4.78 is 27.6. The molecule has 2 rings (SSSR count). The number of aromatic nitrogens is 1. The predicted octanol–water partition coefficient (Wildman–Crippen LogP) is 0.463. The second kappa shape index (κ2) is 4.93. The number of amides is 1. The van der Waals surface area contributed by atoms with E-state index in [-0.39, 0.29) is 17.4 Å². The zero-order valence-electron chi connectivity index (χ0n) is 9.92. The number of rotatable bonds is 3. The summed E-state index contributed by atoms with van der Waals surface area (Å²) in [7, 11) is -1.53. The normalized spacial score (nSPS) is 21.5. The standard InChI is InChI=1S/C11H14N2O4S/c1-17-9-2-4-12-10(6-9)13-11(14)8-3-5-18(15,16)7-8/h2,4,6,8H,3,5,7H2,1H3,(H,12,13,14). The van der Waals surface area contributed by atoms with Gasteiger partial charge in [-0.2, -0.15) is 0 Å². The zero-order valence-corrected chi connectivity index (χ0v) is 10.7. The highest BCUT2D eigenvalue weighted by Gasteiger charge is 2.33. The van der Waals surface area contributed by atoms with Crippen molar-refractivity contribution in [1.82, 2.24) is 4.98 Å². The van der Waals surface area contributed by atoms with Crippen molar-refractivity contribution in [2.24, 2.45) is 5.92 Å². The van der Waals surface area contributed by atoms with Crippen molar-refractivity contribution in [3.63, 3.8) is 0 Å². The zero-order chi connectivity index (χ0) is 13.2. The van der Waals surface area contributed by atoms with Crippen molar-refractivity contribution in [2.75, 3.05) is 23.9 Å². The summed E-state index contributed by atoms with van der Waals surface area (Å²) in [5.41, 5.74) is 0. The molecule has 18 heavy (non-hydrogen) atoms. The second-order valence-corrected chi connectivity index (χ2v) is 6.40. The molecule has 0 radical (unpaired) electrons. The Hall–Kier alpha value is -1.63. The topological polar surface area (TPSA) is 85.4 Å². The van der Waals surface area contributed by atoms with Gasteiger partial charge in [0.2, 0.25) is 5.91 Å². The third kappa shape index (κ3) is 2.98. The van der Waals surface area contributed by atoms with Gasteiger partial charge in [-0.05, 0) is 12.5 Å². The van der Waals surface area contributed by atoms with Crippen LogP contribution < -0.4 is 10.1 Å². The van der Waals surface area contributed by atoms with E-state index in [1.54, 1.807) is 12.1 Å². The fourth-order valence-electron chi connectivity index (χ4n) is 1.84. The molecule has 1 aromatic heterocycles. The average molecular weight is 270 g/mol. The van der Waals surface area contributed by atoms with Gasteiger partial charge in [-0.1, -0.05) is 0 Å². The SMILES string of the molecule is COc1ccnc(NC(=O)C2CCS(=O)(=O)C2)c1. The molecule has 1 aliphatic rings. The van der Waals surface area contributed by atoms with Crippen LogP contribution in [0.4, 0.5) is 5.82 Å². The lowest BCUT2D eigenvalue weighted by molar-refractivity contribution is -0.119. The van der Waals surface area contributed by atoms with Crippen LogP contribution in [0.2, 0.25) is 0 Å². The van der Waals surface area contributed by atoms with Crippen LogP contribution >= 0.6 is 0 Å². The van der Waals surface area contributed by atoms with Crippen molar-refractivity contribution in [2.45, 2.75) is 6.42 Å². The van der Waals surface area contributed by atoms with Crippen LogP contribution in [0.1, 0.15) is 6.42 Å². The van der Waals surface area contributed by atoms with Crippen molar-refractivity contribution in [1.29, 1.82) is 0 Å². The van der Waals surface area contributed by atoms with E-state index in [1.165, 1.54) is 13.3 Å². The Kier molecular flexibility index (Phi) is 3.51. The number of methoxy groups -OCH3 is 1. The van der Waals surface area contributed by atoms with E-state index in [0.29, 0.717) is 18.0 Å². The van der Waals surface area contributed by atoms with Gasteiger partial charge in [0, 0.05) is 12.3 Å². The predicted molar refractivity (Wildman–Crippen MR) is 66.2 cm³/mol. The first-order valence-electron chi connectivity index (χ1n) is 5.51. The van der Waals surface area contributed by atoms with Gasteiger partial charge in [0.15, 0.2) is 9.84 Å². The maximum Gasteiger partial charge on any atom is 0.229 e. The number of nitrogens with zero attached hydrogens (tertiary/aromatic N) is 1. The van der Waals surface area contributed by atoms with Crippen molar-refractivity contribution in [3.8, 4) is 5.75 Å². The third-order valence-corrected chi connectivity index (χ3v) is 4.59. The van der Waals surface area contributed by atoms with Gasteiger partial charge in [0.25, 0.3) is 0 Å². The number of ether oxygens (including phenoxy) is 1. The molecule has 1 saturated heterocycles. The Morgan fingerprint density at radius 1 is 1.56 bits per heavy atom. The van der Waals surface area contributed by atoms with Crippen LogP contribution in [0.25, 0.3) is 0 Å². The second-order valence-electron chi connectivity index (χ2n) is 4.17. The van der Waals surface area contributed by atoms with E-state index in [1.807, 2.05) is 0 Å². The van der Waals surface area contributed by atoms with Crippen LogP contribution in [0.15, 0.2) is 18.3 Å². The van der Waals surface area contributed by atoms with Gasteiger partial charge in [-0.25, -0.2) is 13.4 Å². The number of pyridine rings is 1. The molecule has 1 aliphatic heterocycles. The van der Waals surface area contributed by atoms with E-state index in [9.17, 15) is 13.2 Å². The molecule has 0 aromatic carbocycles. The molecule has 2 heterocycles. The minimum Gasteiger partial charge on any atom is -0.497 e. The van der Waals surface area contributed by atoms with Crippen molar-refractivity contribution < 1.29 is 17.9 Å². The van der Waals surface area contributed by atoms with E-state index in [0.717, 1.165) is 0 Å². The molecule has 98 valence electrons. The van der Waals surface area contributed by atoms with Gasteiger partial charge in [0.05, 0.1) is 24.5 Å². The molecule has 1 aromatic rings. The molecular weight excluding hydrogens is 256 g/mol. The fourth-order valence-corrected chi connectivity index (χ4v) is 3.58. The smallest absolute Gasteiger partial charge is 0.229 e. The summed E-state index contributed by atoms with van der Waals surface area (Å²) >= 11 is 0. The molecule has 0 spiro atoms. The monoisotopic (exact) mass is 270 g/mol. The third-order valence-electron chi connectivity index (χ3n) is 2.82. The summed E-state index contributed by atoms with van der Waals surface area (Å²) in [4.78, 5) is 15.8. The van der Waals surface area contributed by atoms with Crippen LogP contribution in [0, 0.1) is 5.92 Å². The first-order valence-corrected chi connectivity index (χ1v) is 7.33. The number of sulfone groups is 1. The fraction of sp³-hybridized carbons (Fsp3) is 0.455. The number of carbonyl (C=O) groups excluding carboxylic acids is 1. The van der Waals surface area contributed by atoms with Crippen molar-refractivity contribution in [3.05, 3.63) is 18.3 Å². The molecule has 1 atom stereocenters. The van der Waals surface area contributed by atoms with Gasteiger partial charge in [-0.3, -0.25) is 4.79 Å². The maximum absolute atomic E-state index is 11.8. The van der Waals surface area contributed by atoms with Crippen LogP contribution in [-0.4, -0.2) is 37.9 Å². The number of nitrogens with one attached hydrogen (secondary N) is 1. The van der Waals surface area contributed by atoms with E-state index < -0.39 is 15.8 Å². The quantitative estimate of drug-likeness (QED) is 0.862. The summed E-state index contributed by atoms with van der Waals surface area (Å²) in [6.45, 7) is 0. The van der Waals surface area contributed by atoms with E-state index in [2.05, 4.69) is 10.3 Å². The molecule has 1 unspecified atom stereocenters. The van der Waals surface area contributed by atoms with Crippen molar-refractivity contribution >= 4 is 21.6 Å². The largest absolute Gasteiger partial charge is 0.497 e. The highest BCUT2D eigenvalue weighted by atomic mass is 32.2. The van der Waals surface area contributed by atoms with Gasteiger partial charge in [0.1, 0.15) is 11.6 Å². The number of hydrogen-bond donors (Lipinski definition) is 1. The first kappa shape index (κ1) is 12.8. The summed E-state index contributed by atoms with van der Waals surface area (Å²) in [6.07, 6.45) is 1.89. The highest BCUT2D eigenvalue weighted by molar-refractivity contribution is 7.91. The van der Waals surface area contributed by atoms with Gasteiger partial charge < -0.3 is 10.1 Å². The summed E-state index contributed by atoms with van der Waals surface area (Å²) in [5.74, 6) is 0.155. The molecule has 1 fully saturated rings. The lowest BCUT2D eigenvalue weighted by Crippen LogP contribution is -2.24. The van der Waals surface area contributed by atoms with Crippen LogP contribution in [0.5, 0.6) is 5.75 Å². The molecule has 6 nitrogen and oxygen atoms in total. The lowest BCUT2D eigenvalue weighted by atomic mass is 10.1. The molecule has 7 heteroatoms. The van der Waals surface area contributed by atoms with Crippen LogP contribution in [0.3, 0.4) is 0 Å². The Morgan fingerprint density at radius 2 is 2.33 bits per heavy atom. The van der Waals surface area contributed by atoms with E-state index in [4.69, 9.17) is 4.74 Å². The number of hydrogen-bond acceptors (Lipinski definition) is 5. The summed E-state index contributed by atoms with van der Waals surface area (Å²) in [6, 6.07) is 3.25. The molecule has 1 amide bonds. The number of anilines is 1. The average Bonchev–Trinajstić information content (AvgIpc) is 2.70. The summed E-state index contributed by atoms with van der Waals surface area (Å²) in [5, 5.41) is 2.60.